The normalized spacial score (nSPS) is 10.2. The van der Waals surface area contributed by atoms with E-state index in [1.165, 1.54) is 12.1 Å². The molecule has 0 heterocycles. The fourth-order valence-corrected chi connectivity index (χ4v) is 3.30. The largest absolute Gasteiger partial charge is 0.399 e. The van der Waals surface area contributed by atoms with Gasteiger partial charge in [-0.1, -0.05) is 47.5 Å². The van der Waals surface area contributed by atoms with Gasteiger partial charge in [0.05, 0.1) is 21.4 Å². The maximum atomic E-state index is 12.2. The molecular weight excluding hydrogens is 471 g/mol. The van der Waals surface area contributed by atoms with Crippen LogP contribution >= 0.6 is 23.2 Å². The molecule has 0 aromatic heterocycles. The van der Waals surface area contributed by atoms with Gasteiger partial charge in [-0.05, 0) is 60.7 Å². The Bertz CT molecular complexity index is 1270. The maximum absolute atomic E-state index is 12.2. The second-order valence-electron chi connectivity index (χ2n) is 7.38. The zero-order valence-corrected chi connectivity index (χ0v) is 19.5. The highest BCUT2D eigenvalue weighted by Crippen LogP contribution is 2.24. The van der Waals surface area contributed by atoms with E-state index in [9.17, 15) is 9.59 Å². The molecule has 34 heavy (non-hydrogen) atoms. The van der Waals surface area contributed by atoms with Crippen LogP contribution in [0.25, 0.3) is 0 Å². The first kappa shape index (κ1) is 24.6. The van der Waals surface area contributed by atoms with E-state index < -0.39 is 0 Å². The molecular formula is C26H22Cl2N4O2. The van der Waals surface area contributed by atoms with Crippen molar-refractivity contribution in [1.29, 1.82) is 0 Å². The molecule has 0 radical (unpaired) electrons. The van der Waals surface area contributed by atoms with Crippen molar-refractivity contribution in [3.63, 3.8) is 0 Å². The predicted molar refractivity (Wildman–Crippen MR) is 140 cm³/mol. The van der Waals surface area contributed by atoms with Crippen LogP contribution < -0.4 is 22.9 Å². The number of rotatable bonds is 4. The summed E-state index contributed by atoms with van der Waals surface area (Å²) in [7, 11) is 0. The fourth-order valence-electron chi connectivity index (χ4n) is 3.06. The van der Waals surface area contributed by atoms with Crippen LogP contribution in [0.5, 0.6) is 0 Å². The van der Waals surface area contributed by atoms with Crippen molar-refractivity contribution < 1.29 is 9.59 Å². The molecule has 8 heteroatoms. The maximum Gasteiger partial charge on any atom is 0.193 e. The molecule has 4 aromatic carbocycles. The quantitative estimate of drug-likeness (QED) is 0.220. The van der Waals surface area contributed by atoms with Crippen LogP contribution in [0, 0.1) is 0 Å². The SMILES string of the molecule is Nc1cc(C(=O)c2ccc(Cl)c(N)c2)ccc1Cl.Nc1cccc(C(=O)c2cccc(N)c2)c1. The second-order valence-corrected chi connectivity index (χ2v) is 8.20. The van der Waals surface area contributed by atoms with Gasteiger partial charge in [-0.3, -0.25) is 9.59 Å². The predicted octanol–water partition coefficient (Wildman–Crippen LogP) is 5.47. The Balaban J connectivity index is 0.000000192. The summed E-state index contributed by atoms with van der Waals surface area (Å²) in [4.78, 5) is 24.2. The lowest BCUT2D eigenvalue weighted by atomic mass is 10.0. The van der Waals surface area contributed by atoms with E-state index in [2.05, 4.69) is 0 Å². The van der Waals surface area contributed by atoms with Crippen LogP contribution in [0.1, 0.15) is 31.8 Å². The van der Waals surface area contributed by atoms with Crippen LogP contribution in [0.4, 0.5) is 22.7 Å². The number of hydrogen-bond donors (Lipinski definition) is 4. The van der Waals surface area contributed by atoms with Crippen molar-refractivity contribution in [2.75, 3.05) is 22.9 Å². The Kier molecular flexibility index (Phi) is 7.79. The zero-order valence-electron chi connectivity index (χ0n) is 18.0. The van der Waals surface area contributed by atoms with E-state index in [0.29, 0.717) is 55.0 Å². The van der Waals surface area contributed by atoms with E-state index in [-0.39, 0.29) is 11.6 Å². The molecule has 8 N–H and O–H groups in total. The molecule has 172 valence electrons. The van der Waals surface area contributed by atoms with Crippen molar-refractivity contribution in [3.8, 4) is 0 Å². The van der Waals surface area contributed by atoms with Crippen molar-refractivity contribution in [1.82, 2.24) is 0 Å². The van der Waals surface area contributed by atoms with Gasteiger partial charge < -0.3 is 22.9 Å². The molecule has 0 aliphatic heterocycles. The van der Waals surface area contributed by atoms with Gasteiger partial charge in [0.1, 0.15) is 0 Å². The highest BCUT2D eigenvalue weighted by Gasteiger charge is 2.12. The molecule has 0 aliphatic carbocycles. The molecule has 0 spiro atoms. The molecule has 4 rings (SSSR count). The van der Waals surface area contributed by atoms with Gasteiger partial charge in [0.15, 0.2) is 11.6 Å². The number of benzene rings is 4. The van der Waals surface area contributed by atoms with Crippen molar-refractivity contribution in [2.45, 2.75) is 0 Å². The zero-order chi connectivity index (χ0) is 24.8. The Labute approximate surface area is 207 Å². The van der Waals surface area contributed by atoms with Crippen molar-refractivity contribution in [3.05, 3.63) is 117 Å². The average molecular weight is 493 g/mol. The highest BCUT2D eigenvalue weighted by atomic mass is 35.5. The number of carbonyl (C=O) groups excluding carboxylic acids is 2. The summed E-state index contributed by atoms with van der Waals surface area (Å²) in [6, 6.07) is 23.3. The van der Waals surface area contributed by atoms with E-state index in [1.54, 1.807) is 72.8 Å². The Morgan fingerprint density at radius 2 is 0.853 bits per heavy atom. The van der Waals surface area contributed by atoms with Gasteiger partial charge in [0.25, 0.3) is 0 Å². The topological polar surface area (TPSA) is 138 Å². The minimum absolute atomic E-state index is 0.0698. The average Bonchev–Trinajstić information content (AvgIpc) is 2.82. The standard InChI is InChI=1S/C13H10Cl2N2O.C13H12N2O/c14-9-3-1-7(5-11(9)16)13(18)8-2-4-10(15)12(17)6-8;14-11-5-1-3-9(7-11)13(16)10-4-2-6-12(15)8-10/h1-6H,16-17H2;1-8H,14-15H2. The van der Waals surface area contributed by atoms with Crippen LogP contribution in [0.2, 0.25) is 10.0 Å². The first-order valence-corrected chi connectivity index (χ1v) is 10.8. The van der Waals surface area contributed by atoms with Crippen LogP contribution in [-0.2, 0) is 0 Å². The van der Waals surface area contributed by atoms with Crippen LogP contribution in [0.3, 0.4) is 0 Å². The summed E-state index contributed by atoms with van der Waals surface area (Å²) < 4.78 is 0. The first-order chi connectivity index (χ1) is 16.2. The number of ketones is 2. The number of anilines is 4. The summed E-state index contributed by atoms with van der Waals surface area (Å²) in [5, 5.41) is 0.837. The molecule has 0 atom stereocenters. The lowest BCUT2D eigenvalue weighted by Crippen LogP contribution is -2.03. The first-order valence-electron chi connectivity index (χ1n) is 10.1. The van der Waals surface area contributed by atoms with E-state index in [1.807, 2.05) is 0 Å². The van der Waals surface area contributed by atoms with Gasteiger partial charge >= 0.3 is 0 Å². The molecule has 0 fully saturated rings. The number of hydrogen-bond acceptors (Lipinski definition) is 6. The van der Waals surface area contributed by atoms with Crippen LogP contribution in [-0.4, -0.2) is 11.6 Å². The molecule has 0 bridgehead atoms. The summed E-state index contributed by atoms with van der Waals surface area (Å²) in [5.41, 5.74) is 26.5. The monoisotopic (exact) mass is 492 g/mol. The van der Waals surface area contributed by atoms with Gasteiger partial charge in [0.2, 0.25) is 0 Å². The number of carbonyl (C=O) groups is 2. The summed E-state index contributed by atoms with van der Waals surface area (Å²) >= 11 is 11.6. The van der Waals surface area contributed by atoms with Crippen molar-refractivity contribution >= 4 is 57.5 Å². The van der Waals surface area contributed by atoms with E-state index in [0.717, 1.165) is 0 Å². The second kappa shape index (κ2) is 10.7. The third-order valence-corrected chi connectivity index (χ3v) is 5.50. The fraction of sp³-hybridized carbons (Fsp3) is 0. The molecule has 0 amide bonds. The molecule has 6 nitrogen and oxygen atoms in total. The molecule has 4 aromatic rings. The van der Waals surface area contributed by atoms with Gasteiger partial charge in [-0.25, -0.2) is 0 Å². The number of nitrogens with two attached hydrogens (primary N) is 4. The lowest BCUT2D eigenvalue weighted by molar-refractivity contribution is 0.103. The van der Waals surface area contributed by atoms with Crippen LogP contribution in [0.15, 0.2) is 84.9 Å². The summed E-state index contributed by atoms with van der Waals surface area (Å²) in [6.45, 7) is 0. The molecule has 0 saturated heterocycles. The summed E-state index contributed by atoms with van der Waals surface area (Å²) in [6.07, 6.45) is 0. The van der Waals surface area contributed by atoms with E-state index in [4.69, 9.17) is 46.1 Å². The van der Waals surface area contributed by atoms with Gasteiger partial charge in [-0.2, -0.15) is 0 Å². The third kappa shape index (κ3) is 6.07. The van der Waals surface area contributed by atoms with E-state index >= 15 is 0 Å². The molecule has 0 saturated carbocycles. The number of halogens is 2. The lowest BCUT2D eigenvalue weighted by Gasteiger charge is -2.05. The van der Waals surface area contributed by atoms with Gasteiger partial charge in [0, 0.05) is 33.6 Å². The Morgan fingerprint density at radius 3 is 1.18 bits per heavy atom. The highest BCUT2D eigenvalue weighted by molar-refractivity contribution is 6.34. The minimum Gasteiger partial charge on any atom is -0.399 e. The Hall–Kier alpha value is -4.00. The number of nitrogen functional groups attached to an aromatic ring is 4. The third-order valence-electron chi connectivity index (χ3n) is 4.81. The summed E-state index contributed by atoms with van der Waals surface area (Å²) in [5.74, 6) is -0.249. The molecule has 0 unspecified atom stereocenters. The smallest absolute Gasteiger partial charge is 0.193 e. The Morgan fingerprint density at radius 1 is 0.500 bits per heavy atom. The minimum atomic E-state index is -0.179. The van der Waals surface area contributed by atoms with Crippen molar-refractivity contribution in [2.24, 2.45) is 0 Å². The van der Waals surface area contributed by atoms with Gasteiger partial charge in [-0.15, -0.1) is 0 Å². The molecule has 0 aliphatic rings.